The Morgan fingerprint density at radius 1 is 1.22 bits per heavy atom. The van der Waals surface area contributed by atoms with E-state index in [4.69, 9.17) is 9.47 Å². The van der Waals surface area contributed by atoms with Crippen molar-refractivity contribution < 1.29 is 9.47 Å². The van der Waals surface area contributed by atoms with E-state index in [1.807, 2.05) is 26.2 Å². The number of hydrogen-bond donors (Lipinski definition) is 1. The maximum Gasteiger partial charge on any atom is 0.119 e. The highest BCUT2D eigenvalue weighted by atomic mass is 16.5. The lowest BCUT2D eigenvalue weighted by atomic mass is 9.92. The summed E-state index contributed by atoms with van der Waals surface area (Å²) in [6.07, 6.45) is 5.18. The third-order valence-corrected chi connectivity index (χ3v) is 3.50. The normalized spacial score (nSPS) is 23.7. The summed E-state index contributed by atoms with van der Waals surface area (Å²) < 4.78 is 10.9. The summed E-state index contributed by atoms with van der Waals surface area (Å²) >= 11 is 0. The van der Waals surface area contributed by atoms with Gasteiger partial charge in [-0.05, 0) is 56.9 Å². The highest BCUT2D eigenvalue weighted by Crippen LogP contribution is 2.24. The van der Waals surface area contributed by atoms with Gasteiger partial charge in [0.05, 0.1) is 12.7 Å². The third-order valence-electron chi connectivity index (χ3n) is 3.50. The van der Waals surface area contributed by atoms with Gasteiger partial charge in [0.1, 0.15) is 5.75 Å². The Labute approximate surface area is 109 Å². The van der Waals surface area contributed by atoms with Crippen LogP contribution in [0.15, 0.2) is 24.3 Å². The fourth-order valence-electron chi connectivity index (χ4n) is 2.54. The molecule has 100 valence electrons. The van der Waals surface area contributed by atoms with Crippen molar-refractivity contribution in [1.82, 2.24) is 0 Å². The first-order valence-corrected chi connectivity index (χ1v) is 6.84. The van der Waals surface area contributed by atoms with E-state index in [1.165, 1.54) is 24.9 Å². The van der Waals surface area contributed by atoms with Crippen LogP contribution in [0.1, 0.15) is 32.6 Å². The first-order chi connectivity index (χ1) is 8.81. The molecule has 0 heterocycles. The topological polar surface area (TPSA) is 30.5 Å². The summed E-state index contributed by atoms with van der Waals surface area (Å²) in [5.74, 6) is 0.932. The molecule has 0 aromatic heterocycles. The molecule has 3 heteroatoms. The number of benzene rings is 1. The van der Waals surface area contributed by atoms with E-state index >= 15 is 0 Å². The van der Waals surface area contributed by atoms with Gasteiger partial charge in [0.25, 0.3) is 0 Å². The molecule has 3 nitrogen and oxygen atoms in total. The van der Waals surface area contributed by atoms with Crippen molar-refractivity contribution in [2.24, 2.45) is 0 Å². The zero-order valence-corrected chi connectivity index (χ0v) is 11.3. The van der Waals surface area contributed by atoms with Gasteiger partial charge in [-0.3, -0.25) is 0 Å². The lowest BCUT2D eigenvalue weighted by molar-refractivity contribution is 0.0669. The molecule has 1 aromatic rings. The predicted molar refractivity (Wildman–Crippen MR) is 74.3 cm³/mol. The SMILES string of the molecule is CCOc1ccc(NC2CCCC(OC)C2)cc1. The van der Waals surface area contributed by atoms with Gasteiger partial charge in [0, 0.05) is 18.8 Å². The van der Waals surface area contributed by atoms with Crippen LogP contribution >= 0.6 is 0 Å². The number of anilines is 1. The van der Waals surface area contributed by atoms with Crippen molar-refractivity contribution in [3.8, 4) is 5.75 Å². The fourth-order valence-corrected chi connectivity index (χ4v) is 2.54. The maximum absolute atomic E-state index is 5.45. The zero-order valence-electron chi connectivity index (χ0n) is 11.3. The highest BCUT2D eigenvalue weighted by Gasteiger charge is 2.21. The largest absolute Gasteiger partial charge is 0.494 e. The molecule has 0 bridgehead atoms. The van der Waals surface area contributed by atoms with Gasteiger partial charge >= 0.3 is 0 Å². The molecule has 2 atom stereocenters. The first-order valence-electron chi connectivity index (χ1n) is 6.84. The van der Waals surface area contributed by atoms with Crippen molar-refractivity contribution in [1.29, 1.82) is 0 Å². The summed E-state index contributed by atoms with van der Waals surface area (Å²) in [5, 5.41) is 3.58. The molecule has 1 aliphatic rings. The molecule has 1 N–H and O–H groups in total. The quantitative estimate of drug-likeness (QED) is 0.867. The van der Waals surface area contributed by atoms with Crippen LogP contribution in [0.2, 0.25) is 0 Å². The van der Waals surface area contributed by atoms with Gasteiger partial charge in [-0.1, -0.05) is 0 Å². The minimum Gasteiger partial charge on any atom is -0.494 e. The van der Waals surface area contributed by atoms with Gasteiger partial charge in [0.15, 0.2) is 0 Å². The Kier molecular flexibility index (Phi) is 4.88. The van der Waals surface area contributed by atoms with Crippen LogP contribution in [0.5, 0.6) is 5.75 Å². The van der Waals surface area contributed by atoms with Crippen molar-refractivity contribution in [2.75, 3.05) is 19.0 Å². The Morgan fingerprint density at radius 2 is 2.00 bits per heavy atom. The first kappa shape index (κ1) is 13.2. The van der Waals surface area contributed by atoms with Gasteiger partial charge in [-0.15, -0.1) is 0 Å². The summed E-state index contributed by atoms with van der Waals surface area (Å²) in [6, 6.07) is 8.73. The van der Waals surface area contributed by atoms with Crippen LogP contribution in [0.3, 0.4) is 0 Å². The number of methoxy groups -OCH3 is 1. The summed E-state index contributed by atoms with van der Waals surface area (Å²) in [6.45, 7) is 2.71. The zero-order chi connectivity index (χ0) is 12.8. The lowest BCUT2D eigenvalue weighted by Gasteiger charge is -2.29. The molecule has 1 aromatic carbocycles. The van der Waals surface area contributed by atoms with Crippen molar-refractivity contribution in [3.05, 3.63) is 24.3 Å². The fraction of sp³-hybridized carbons (Fsp3) is 0.600. The summed E-state index contributed by atoms with van der Waals surface area (Å²) in [7, 11) is 1.81. The third kappa shape index (κ3) is 3.64. The van der Waals surface area contributed by atoms with Crippen molar-refractivity contribution >= 4 is 5.69 Å². The van der Waals surface area contributed by atoms with E-state index in [0.29, 0.717) is 18.8 Å². The average molecular weight is 249 g/mol. The molecule has 1 saturated carbocycles. The molecular formula is C15H23NO2. The van der Waals surface area contributed by atoms with Crippen LogP contribution in [0.4, 0.5) is 5.69 Å². The number of rotatable bonds is 5. The van der Waals surface area contributed by atoms with Gasteiger partial charge in [0.2, 0.25) is 0 Å². The standard InChI is InChI=1S/C15H23NO2/c1-3-18-14-9-7-12(8-10-14)16-13-5-4-6-15(11-13)17-2/h7-10,13,15-16H,3-6,11H2,1-2H3. The molecule has 2 unspecified atom stereocenters. The van der Waals surface area contributed by atoms with Crippen LogP contribution in [-0.4, -0.2) is 25.9 Å². The van der Waals surface area contributed by atoms with Gasteiger partial charge < -0.3 is 14.8 Å². The molecule has 0 saturated heterocycles. The minimum atomic E-state index is 0.416. The number of ether oxygens (including phenoxy) is 2. The van der Waals surface area contributed by atoms with Gasteiger partial charge in [-0.2, -0.15) is 0 Å². The van der Waals surface area contributed by atoms with Crippen LogP contribution in [0, 0.1) is 0 Å². The molecule has 1 fully saturated rings. The monoisotopic (exact) mass is 249 g/mol. The van der Waals surface area contributed by atoms with Crippen LogP contribution in [-0.2, 0) is 4.74 Å². The second-order valence-electron chi connectivity index (χ2n) is 4.82. The molecular weight excluding hydrogens is 226 g/mol. The highest BCUT2D eigenvalue weighted by molar-refractivity contribution is 5.47. The van der Waals surface area contributed by atoms with Gasteiger partial charge in [-0.25, -0.2) is 0 Å². The van der Waals surface area contributed by atoms with Crippen molar-refractivity contribution in [2.45, 2.75) is 44.8 Å². The maximum atomic E-state index is 5.45. The molecule has 2 rings (SSSR count). The number of nitrogens with one attached hydrogen (secondary N) is 1. The minimum absolute atomic E-state index is 0.416. The molecule has 18 heavy (non-hydrogen) atoms. The smallest absolute Gasteiger partial charge is 0.119 e. The lowest BCUT2D eigenvalue weighted by Crippen LogP contribution is -2.30. The van der Waals surface area contributed by atoms with E-state index < -0.39 is 0 Å². The van der Waals surface area contributed by atoms with Crippen LogP contribution < -0.4 is 10.1 Å². The van der Waals surface area contributed by atoms with E-state index in [0.717, 1.165) is 12.2 Å². The summed E-state index contributed by atoms with van der Waals surface area (Å²) in [4.78, 5) is 0. The molecule has 0 amide bonds. The Balaban J connectivity index is 1.88. The Morgan fingerprint density at radius 3 is 2.67 bits per heavy atom. The molecule has 1 aliphatic carbocycles. The molecule has 0 spiro atoms. The number of hydrogen-bond acceptors (Lipinski definition) is 3. The van der Waals surface area contributed by atoms with E-state index in [2.05, 4.69) is 17.4 Å². The Bertz CT molecular complexity index is 350. The van der Waals surface area contributed by atoms with Crippen LogP contribution in [0.25, 0.3) is 0 Å². The molecule has 0 radical (unpaired) electrons. The van der Waals surface area contributed by atoms with E-state index in [9.17, 15) is 0 Å². The average Bonchev–Trinajstić information content (AvgIpc) is 2.42. The van der Waals surface area contributed by atoms with Crippen molar-refractivity contribution in [3.63, 3.8) is 0 Å². The Hall–Kier alpha value is -1.22. The van der Waals surface area contributed by atoms with E-state index in [-0.39, 0.29) is 0 Å². The summed E-state index contributed by atoms with van der Waals surface area (Å²) in [5.41, 5.74) is 1.17. The second-order valence-corrected chi connectivity index (χ2v) is 4.82. The second kappa shape index (κ2) is 6.64. The molecule has 0 aliphatic heterocycles. The van der Waals surface area contributed by atoms with E-state index in [1.54, 1.807) is 0 Å². The predicted octanol–water partition coefficient (Wildman–Crippen LogP) is 3.45.